The van der Waals surface area contributed by atoms with Gasteiger partial charge in [0, 0.05) is 30.3 Å². The maximum absolute atomic E-state index is 11.6. The van der Waals surface area contributed by atoms with Crippen LogP contribution in [0.25, 0.3) is 0 Å². The molecule has 0 aliphatic carbocycles. The number of nitrogens with zero attached hydrogens (tertiary/aromatic N) is 3. The largest absolute Gasteiger partial charge is 0.465 e. The Labute approximate surface area is 118 Å². The summed E-state index contributed by atoms with van der Waals surface area (Å²) < 4.78 is 6.89. The number of aromatic nitrogens is 3. The Hall–Kier alpha value is -2.17. The Balaban J connectivity index is 1.68. The predicted octanol–water partition coefficient (Wildman–Crippen LogP) is 1.84. The Morgan fingerprint density at radius 1 is 1.35 bits per heavy atom. The maximum Gasteiger partial charge on any atom is 0.311 e. The minimum atomic E-state index is -0.217. The number of hydrogen-bond donors (Lipinski definition) is 0. The normalized spacial score (nSPS) is 10.5. The lowest BCUT2D eigenvalue weighted by Crippen LogP contribution is -2.12. The summed E-state index contributed by atoms with van der Waals surface area (Å²) in [5.74, 6) is -0.217. The van der Waals surface area contributed by atoms with Gasteiger partial charge in [0.15, 0.2) is 0 Å². The second-order valence-corrected chi connectivity index (χ2v) is 4.72. The highest BCUT2D eigenvalue weighted by Gasteiger charge is 2.07. The number of pyridine rings is 1. The second kappa shape index (κ2) is 6.84. The van der Waals surface area contributed by atoms with Crippen LogP contribution in [0.3, 0.4) is 0 Å². The van der Waals surface area contributed by atoms with Crippen LogP contribution in [0.4, 0.5) is 0 Å². The summed E-state index contributed by atoms with van der Waals surface area (Å²) in [6.45, 7) is 2.39. The Bertz CT molecular complexity index is 578. The number of esters is 1. The van der Waals surface area contributed by atoms with E-state index >= 15 is 0 Å². The van der Waals surface area contributed by atoms with E-state index in [-0.39, 0.29) is 12.4 Å². The first-order chi connectivity index (χ1) is 9.65. The fourth-order valence-electron chi connectivity index (χ4n) is 1.95. The standard InChI is InChI=1S/C15H19N3O2/c1-12-5-3-6-13(17-12)7-4-10-20-15(19)11-14-8-9-16-18(14)2/h3,5-6,8-9H,4,7,10-11H2,1-2H3. The van der Waals surface area contributed by atoms with Gasteiger partial charge < -0.3 is 4.74 Å². The van der Waals surface area contributed by atoms with E-state index in [0.29, 0.717) is 6.61 Å². The van der Waals surface area contributed by atoms with Gasteiger partial charge in [0.05, 0.1) is 13.0 Å². The average Bonchev–Trinajstić information content (AvgIpc) is 2.80. The predicted molar refractivity (Wildman–Crippen MR) is 75.2 cm³/mol. The van der Waals surface area contributed by atoms with E-state index in [9.17, 15) is 4.79 Å². The molecule has 0 fully saturated rings. The fourth-order valence-corrected chi connectivity index (χ4v) is 1.95. The van der Waals surface area contributed by atoms with Crippen molar-refractivity contribution in [3.8, 4) is 0 Å². The Morgan fingerprint density at radius 3 is 2.90 bits per heavy atom. The summed E-state index contributed by atoms with van der Waals surface area (Å²) in [5.41, 5.74) is 2.90. The lowest BCUT2D eigenvalue weighted by atomic mass is 10.2. The molecular formula is C15H19N3O2. The smallest absolute Gasteiger partial charge is 0.311 e. The van der Waals surface area contributed by atoms with Crippen molar-refractivity contribution in [2.75, 3.05) is 6.61 Å². The van der Waals surface area contributed by atoms with Crippen molar-refractivity contribution < 1.29 is 9.53 Å². The van der Waals surface area contributed by atoms with Crippen LogP contribution in [0.15, 0.2) is 30.5 Å². The van der Waals surface area contributed by atoms with E-state index in [4.69, 9.17) is 4.74 Å². The summed E-state index contributed by atoms with van der Waals surface area (Å²) in [6, 6.07) is 7.77. The molecule has 2 rings (SSSR count). The molecule has 0 atom stereocenters. The Kier molecular flexibility index (Phi) is 4.87. The van der Waals surface area contributed by atoms with Crippen LogP contribution in [0.1, 0.15) is 23.5 Å². The third kappa shape index (κ3) is 4.19. The number of rotatable bonds is 6. The van der Waals surface area contributed by atoms with Crippen molar-refractivity contribution >= 4 is 5.97 Å². The van der Waals surface area contributed by atoms with Gasteiger partial charge >= 0.3 is 5.97 Å². The Morgan fingerprint density at radius 2 is 2.20 bits per heavy atom. The molecular weight excluding hydrogens is 254 g/mol. The molecule has 106 valence electrons. The van der Waals surface area contributed by atoms with Crippen LogP contribution >= 0.6 is 0 Å². The quantitative estimate of drug-likeness (QED) is 0.595. The van der Waals surface area contributed by atoms with Crippen LogP contribution in [0, 0.1) is 6.92 Å². The minimum absolute atomic E-state index is 0.217. The number of carbonyl (C=O) groups excluding carboxylic acids is 1. The van der Waals surface area contributed by atoms with Crippen LogP contribution in [-0.4, -0.2) is 27.3 Å². The summed E-state index contributed by atoms with van der Waals surface area (Å²) in [6.07, 6.45) is 3.54. The average molecular weight is 273 g/mol. The van der Waals surface area contributed by atoms with Gasteiger partial charge in [-0.1, -0.05) is 6.07 Å². The van der Waals surface area contributed by atoms with E-state index in [1.807, 2.05) is 38.2 Å². The van der Waals surface area contributed by atoms with Crippen LogP contribution < -0.4 is 0 Å². The highest BCUT2D eigenvalue weighted by atomic mass is 16.5. The summed E-state index contributed by atoms with van der Waals surface area (Å²) in [7, 11) is 1.81. The first-order valence-electron chi connectivity index (χ1n) is 6.70. The van der Waals surface area contributed by atoms with E-state index < -0.39 is 0 Å². The van der Waals surface area contributed by atoms with Crippen molar-refractivity contribution in [2.24, 2.45) is 7.05 Å². The molecule has 0 amide bonds. The van der Waals surface area contributed by atoms with Crippen molar-refractivity contribution in [2.45, 2.75) is 26.2 Å². The summed E-state index contributed by atoms with van der Waals surface area (Å²) >= 11 is 0. The molecule has 2 heterocycles. The van der Waals surface area contributed by atoms with Gasteiger partial charge in [-0.25, -0.2) is 0 Å². The maximum atomic E-state index is 11.6. The van der Waals surface area contributed by atoms with Gasteiger partial charge in [-0.05, 0) is 38.0 Å². The molecule has 0 saturated carbocycles. The molecule has 5 nitrogen and oxygen atoms in total. The van der Waals surface area contributed by atoms with Crippen molar-refractivity contribution in [3.05, 3.63) is 47.5 Å². The van der Waals surface area contributed by atoms with E-state index in [0.717, 1.165) is 29.9 Å². The molecule has 0 bridgehead atoms. The van der Waals surface area contributed by atoms with Gasteiger partial charge in [-0.3, -0.25) is 14.5 Å². The van der Waals surface area contributed by atoms with Gasteiger partial charge in [-0.2, -0.15) is 5.10 Å². The highest BCUT2D eigenvalue weighted by molar-refractivity contribution is 5.71. The molecule has 0 unspecified atom stereocenters. The molecule has 2 aromatic rings. The highest BCUT2D eigenvalue weighted by Crippen LogP contribution is 2.03. The third-order valence-corrected chi connectivity index (χ3v) is 3.03. The molecule has 0 N–H and O–H groups in total. The van der Waals surface area contributed by atoms with Gasteiger partial charge in [0.25, 0.3) is 0 Å². The van der Waals surface area contributed by atoms with Crippen LogP contribution in [0.2, 0.25) is 0 Å². The molecule has 0 aromatic carbocycles. The third-order valence-electron chi connectivity index (χ3n) is 3.03. The lowest BCUT2D eigenvalue weighted by Gasteiger charge is -2.05. The first kappa shape index (κ1) is 14.2. The van der Waals surface area contributed by atoms with Gasteiger partial charge in [-0.15, -0.1) is 0 Å². The number of ether oxygens (including phenoxy) is 1. The van der Waals surface area contributed by atoms with E-state index in [1.54, 1.807) is 10.9 Å². The monoisotopic (exact) mass is 273 g/mol. The molecule has 5 heteroatoms. The molecule has 2 aromatic heterocycles. The fraction of sp³-hybridized carbons (Fsp3) is 0.400. The zero-order chi connectivity index (χ0) is 14.4. The van der Waals surface area contributed by atoms with Crippen LogP contribution in [0.5, 0.6) is 0 Å². The van der Waals surface area contributed by atoms with Crippen molar-refractivity contribution in [1.29, 1.82) is 0 Å². The summed E-state index contributed by atoms with van der Waals surface area (Å²) in [4.78, 5) is 16.1. The summed E-state index contributed by atoms with van der Waals surface area (Å²) in [5, 5.41) is 4.01. The van der Waals surface area contributed by atoms with Gasteiger partial charge in [0.1, 0.15) is 0 Å². The topological polar surface area (TPSA) is 57.0 Å². The van der Waals surface area contributed by atoms with E-state index in [2.05, 4.69) is 10.1 Å². The molecule has 0 radical (unpaired) electrons. The molecule has 0 saturated heterocycles. The lowest BCUT2D eigenvalue weighted by molar-refractivity contribution is -0.143. The molecule has 0 aliphatic heterocycles. The van der Waals surface area contributed by atoms with Crippen molar-refractivity contribution in [3.63, 3.8) is 0 Å². The zero-order valence-corrected chi connectivity index (χ0v) is 11.9. The molecule has 0 spiro atoms. The SMILES string of the molecule is Cc1cccc(CCCOC(=O)Cc2ccnn2C)n1. The van der Waals surface area contributed by atoms with Crippen LogP contribution in [-0.2, 0) is 29.4 Å². The first-order valence-corrected chi connectivity index (χ1v) is 6.70. The minimum Gasteiger partial charge on any atom is -0.465 e. The number of aryl methyl sites for hydroxylation is 3. The zero-order valence-electron chi connectivity index (χ0n) is 11.9. The van der Waals surface area contributed by atoms with Gasteiger partial charge in [0.2, 0.25) is 0 Å². The molecule has 0 aliphatic rings. The molecule has 20 heavy (non-hydrogen) atoms. The number of carbonyl (C=O) groups is 1. The number of hydrogen-bond acceptors (Lipinski definition) is 4. The van der Waals surface area contributed by atoms with E-state index in [1.165, 1.54) is 0 Å². The van der Waals surface area contributed by atoms with Crippen molar-refractivity contribution in [1.82, 2.24) is 14.8 Å². The second-order valence-electron chi connectivity index (χ2n) is 4.72.